The average molecular weight is 263 g/mol. The molecule has 2 atom stereocenters. The van der Waals surface area contributed by atoms with Crippen LogP contribution in [0.15, 0.2) is 24.3 Å². The Kier molecular flexibility index (Phi) is 4.98. The highest BCUT2D eigenvalue weighted by molar-refractivity contribution is 5.25. The third-order valence-corrected chi connectivity index (χ3v) is 4.69. The standard InChI is InChI=1S/C17H26FN/c1-3-4-7-10-17(2)11-12-19-13-15(17)14-8-5-6-9-16(14)18/h5-6,8-9,15,19H,3-4,7,10-13H2,1-2H3. The van der Waals surface area contributed by atoms with Crippen LogP contribution in [0.5, 0.6) is 0 Å². The van der Waals surface area contributed by atoms with E-state index in [9.17, 15) is 4.39 Å². The third-order valence-electron chi connectivity index (χ3n) is 4.69. The minimum atomic E-state index is -0.0436. The molecule has 1 nitrogen and oxygen atoms in total. The van der Waals surface area contributed by atoms with Crippen LogP contribution in [-0.2, 0) is 0 Å². The number of hydrogen-bond acceptors (Lipinski definition) is 1. The second-order valence-electron chi connectivity index (χ2n) is 6.14. The molecule has 0 spiro atoms. The van der Waals surface area contributed by atoms with Gasteiger partial charge >= 0.3 is 0 Å². The monoisotopic (exact) mass is 263 g/mol. The lowest BCUT2D eigenvalue weighted by atomic mass is 9.66. The van der Waals surface area contributed by atoms with Gasteiger partial charge in [-0.25, -0.2) is 4.39 Å². The van der Waals surface area contributed by atoms with Crippen LogP contribution in [0.1, 0.15) is 57.4 Å². The van der Waals surface area contributed by atoms with E-state index in [-0.39, 0.29) is 11.2 Å². The molecule has 1 aromatic rings. The van der Waals surface area contributed by atoms with Crippen molar-refractivity contribution in [1.82, 2.24) is 5.32 Å². The molecule has 106 valence electrons. The Hall–Kier alpha value is -0.890. The Labute approximate surface area is 116 Å². The quantitative estimate of drug-likeness (QED) is 0.772. The number of halogens is 1. The zero-order valence-corrected chi connectivity index (χ0v) is 12.2. The van der Waals surface area contributed by atoms with E-state index >= 15 is 0 Å². The molecule has 0 saturated carbocycles. The Balaban J connectivity index is 2.18. The van der Waals surface area contributed by atoms with Crippen molar-refractivity contribution in [2.75, 3.05) is 13.1 Å². The van der Waals surface area contributed by atoms with E-state index in [0.717, 1.165) is 25.1 Å². The van der Waals surface area contributed by atoms with Crippen molar-refractivity contribution in [2.24, 2.45) is 5.41 Å². The molecule has 0 amide bonds. The molecule has 0 radical (unpaired) electrons. The normalized spacial score (nSPS) is 27.4. The number of hydrogen-bond donors (Lipinski definition) is 1. The second-order valence-corrected chi connectivity index (χ2v) is 6.14. The van der Waals surface area contributed by atoms with E-state index in [4.69, 9.17) is 0 Å². The van der Waals surface area contributed by atoms with Gasteiger partial charge in [0.2, 0.25) is 0 Å². The largest absolute Gasteiger partial charge is 0.316 e. The fraction of sp³-hybridized carbons (Fsp3) is 0.647. The fourth-order valence-corrected chi connectivity index (χ4v) is 3.36. The molecule has 2 unspecified atom stereocenters. The molecule has 19 heavy (non-hydrogen) atoms. The van der Waals surface area contributed by atoms with Gasteiger partial charge in [-0.15, -0.1) is 0 Å². The summed E-state index contributed by atoms with van der Waals surface area (Å²) in [5.41, 5.74) is 1.14. The lowest BCUT2D eigenvalue weighted by Crippen LogP contribution is -2.42. The van der Waals surface area contributed by atoms with Crippen LogP contribution in [0.2, 0.25) is 0 Å². The van der Waals surface area contributed by atoms with Crippen molar-refractivity contribution in [1.29, 1.82) is 0 Å². The van der Waals surface area contributed by atoms with Crippen LogP contribution in [0.4, 0.5) is 4.39 Å². The van der Waals surface area contributed by atoms with Gasteiger partial charge in [-0.05, 0) is 36.4 Å². The summed E-state index contributed by atoms with van der Waals surface area (Å²) in [6, 6.07) is 7.30. The molecule has 1 saturated heterocycles. The second kappa shape index (κ2) is 6.51. The van der Waals surface area contributed by atoms with E-state index in [2.05, 4.69) is 19.2 Å². The Morgan fingerprint density at radius 2 is 2.11 bits per heavy atom. The van der Waals surface area contributed by atoms with Crippen LogP contribution < -0.4 is 5.32 Å². The molecule has 1 N–H and O–H groups in total. The van der Waals surface area contributed by atoms with Crippen LogP contribution in [0, 0.1) is 11.2 Å². The highest BCUT2D eigenvalue weighted by atomic mass is 19.1. The van der Waals surface area contributed by atoms with E-state index < -0.39 is 0 Å². The molecule has 1 fully saturated rings. The Bertz CT molecular complexity index is 404. The first-order valence-electron chi connectivity index (χ1n) is 7.62. The Morgan fingerprint density at radius 3 is 2.84 bits per heavy atom. The van der Waals surface area contributed by atoms with Crippen LogP contribution in [-0.4, -0.2) is 13.1 Å². The van der Waals surface area contributed by atoms with Crippen molar-refractivity contribution < 1.29 is 4.39 Å². The first-order chi connectivity index (χ1) is 9.17. The zero-order valence-electron chi connectivity index (χ0n) is 12.2. The highest BCUT2D eigenvalue weighted by Crippen LogP contribution is 2.45. The maximum absolute atomic E-state index is 14.1. The summed E-state index contributed by atoms with van der Waals surface area (Å²) in [6.07, 6.45) is 6.15. The zero-order chi connectivity index (χ0) is 13.7. The summed E-state index contributed by atoms with van der Waals surface area (Å²) >= 11 is 0. The van der Waals surface area contributed by atoms with Gasteiger partial charge in [0.1, 0.15) is 5.82 Å². The van der Waals surface area contributed by atoms with Gasteiger partial charge in [-0.3, -0.25) is 0 Å². The van der Waals surface area contributed by atoms with E-state index in [0.29, 0.717) is 5.92 Å². The SMILES string of the molecule is CCCCCC1(C)CCNCC1c1ccccc1F. The van der Waals surface area contributed by atoms with Crippen LogP contribution in [0.3, 0.4) is 0 Å². The van der Waals surface area contributed by atoms with Gasteiger partial charge in [-0.2, -0.15) is 0 Å². The van der Waals surface area contributed by atoms with Crippen molar-refractivity contribution in [3.05, 3.63) is 35.6 Å². The van der Waals surface area contributed by atoms with Gasteiger partial charge in [0, 0.05) is 12.5 Å². The number of benzene rings is 1. The maximum atomic E-state index is 14.1. The molecule has 0 aliphatic carbocycles. The smallest absolute Gasteiger partial charge is 0.126 e. The van der Waals surface area contributed by atoms with Gasteiger partial charge in [0.15, 0.2) is 0 Å². The predicted octanol–water partition coefficient (Wildman–Crippen LogP) is 4.49. The number of nitrogens with one attached hydrogen (secondary N) is 1. The fourth-order valence-electron chi connectivity index (χ4n) is 3.36. The van der Waals surface area contributed by atoms with Crippen molar-refractivity contribution in [3.63, 3.8) is 0 Å². The van der Waals surface area contributed by atoms with Gasteiger partial charge in [-0.1, -0.05) is 51.3 Å². The number of rotatable bonds is 5. The molecule has 1 aliphatic heterocycles. The molecule has 0 bridgehead atoms. The first kappa shape index (κ1) is 14.5. The molecule has 1 heterocycles. The first-order valence-corrected chi connectivity index (χ1v) is 7.62. The summed E-state index contributed by atoms with van der Waals surface area (Å²) in [5.74, 6) is 0.261. The van der Waals surface area contributed by atoms with Gasteiger partial charge in [0.05, 0.1) is 0 Å². The molecule has 0 aromatic heterocycles. The van der Waals surface area contributed by atoms with Gasteiger partial charge < -0.3 is 5.32 Å². The summed E-state index contributed by atoms with van der Waals surface area (Å²) in [6.45, 7) is 6.55. The lowest BCUT2D eigenvalue weighted by Gasteiger charge is -2.42. The minimum absolute atomic E-state index is 0.0436. The summed E-state index contributed by atoms with van der Waals surface area (Å²) in [4.78, 5) is 0. The molecule has 1 aromatic carbocycles. The van der Waals surface area contributed by atoms with E-state index in [1.807, 2.05) is 12.1 Å². The van der Waals surface area contributed by atoms with E-state index in [1.54, 1.807) is 12.1 Å². The molecule has 1 aliphatic rings. The maximum Gasteiger partial charge on any atom is 0.126 e. The van der Waals surface area contributed by atoms with Crippen molar-refractivity contribution >= 4 is 0 Å². The lowest BCUT2D eigenvalue weighted by molar-refractivity contribution is 0.164. The number of piperidine rings is 1. The topological polar surface area (TPSA) is 12.0 Å². The number of unbranched alkanes of at least 4 members (excludes halogenated alkanes) is 2. The van der Waals surface area contributed by atoms with E-state index in [1.165, 1.54) is 25.7 Å². The van der Waals surface area contributed by atoms with Crippen LogP contribution >= 0.6 is 0 Å². The molecular formula is C17H26FN. The molecule has 2 rings (SSSR count). The highest BCUT2D eigenvalue weighted by Gasteiger charge is 2.37. The summed E-state index contributed by atoms with van der Waals surface area (Å²) < 4.78 is 14.1. The minimum Gasteiger partial charge on any atom is -0.316 e. The van der Waals surface area contributed by atoms with Crippen molar-refractivity contribution in [3.8, 4) is 0 Å². The van der Waals surface area contributed by atoms with Gasteiger partial charge in [0.25, 0.3) is 0 Å². The summed E-state index contributed by atoms with van der Waals surface area (Å²) in [5, 5.41) is 3.44. The van der Waals surface area contributed by atoms with Crippen molar-refractivity contribution in [2.45, 2.75) is 51.9 Å². The third kappa shape index (κ3) is 3.36. The predicted molar refractivity (Wildman–Crippen MR) is 78.9 cm³/mol. The summed E-state index contributed by atoms with van der Waals surface area (Å²) in [7, 11) is 0. The average Bonchev–Trinajstić information content (AvgIpc) is 2.41. The molecule has 2 heteroatoms. The Morgan fingerprint density at radius 1 is 1.32 bits per heavy atom. The van der Waals surface area contributed by atoms with Crippen LogP contribution in [0.25, 0.3) is 0 Å². The molecular weight excluding hydrogens is 237 g/mol.